The zero-order chi connectivity index (χ0) is 12.6. The fraction of sp³-hybridized carbons (Fsp3) is 0.846. The van der Waals surface area contributed by atoms with Gasteiger partial charge in [-0.1, -0.05) is 13.3 Å². The number of rotatable bonds is 4. The minimum atomic E-state index is -0.691. The maximum atomic E-state index is 12.4. The van der Waals surface area contributed by atoms with Gasteiger partial charge in [0.25, 0.3) is 0 Å². The molecule has 1 N–H and O–H groups in total. The minimum absolute atomic E-state index is 0.0174. The second kappa shape index (κ2) is 4.31. The van der Waals surface area contributed by atoms with Gasteiger partial charge in [-0.2, -0.15) is 0 Å². The molecule has 1 aliphatic carbocycles. The zero-order valence-electron chi connectivity index (χ0n) is 11.0. The van der Waals surface area contributed by atoms with Gasteiger partial charge in [-0.3, -0.25) is 9.59 Å². The van der Waals surface area contributed by atoms with E-state index in [4.69, 9.17) is 0 Å². The molecule has 2 aliphatic rings. The van der Waals surface area contributed by atoms with E-state index in [-0.39, 0.29) is 17.9 Å². The highest BCUT2D eigenvalue weighted by Gasteiger charge is 2.47. The highest BCUT2D eigenvalue weighted by molar-refractivity contribution is 5.99. The number of hydrogen-bond donors (Lipinski definition) is 1. The van der Waals surface area contributed by atoms with Gasteiger partial charge in [-0.05, 0) is 39.0 Å². The number of carbonyl (C=O) groups is 2. The predicted molar refractivity (Wildman–Crippen MR) is 65.4 cm³/mol. The Morgan fingerprint density at radius 3 is 2.53 bits per heavy atom. The maximum Gasteiger partial charge on any atom is 0.246 e. The van der Waals surface area contributed by atoms with Crippen LogP contribution in [0.15, 0.2) is 0 Å². The van der Waals surface area contributed by atoms with Gasteiger partial charge in [-0.15, -0.1) is 0 Å². The summed E-state index contributed by atoms with van der Waals surface area (Å²) in [6, 6.07) is -0.306. The first-order valence-corrected chi connectivity index (χ1v) is 6.59. The molecule has 2 amide bonds. The Hall–Kier alpha value is -1.06. The average Bonchev–Trinajstić information content (AvgIpc) is 3.06. The van der Waals surface area contributed by atoms with Crippen molar-refractivity contribution in [2.75, 3.05) is 6.54 Å². The summed E-state index contributed by atoms with van der Waals surface area (Å²) in [6.07, 6.45) is 4.04. The van der Waals surface area contributed by atoms with E-state index >= 15 is 0 Å². The van der Waals surface area contributed by atoms with Gasteiger partial charge >= 0.3 is 0 Å². The molecule has 0 radical (unpaired) electrons. The van der Waals surface area contributed by atoms with E-state index in [1.54, 1.807) is 4.90 Å². The molecular weight excluding hydrogens is 216 g/mol. The van der Waals surface area contributed by atoms with Gasteiger partial charge in [0.05, 0.1) is 0 Å². The quantitative estimate of drug-likeness (QED) is 0.802. The van der Waals surface area contributed by atoms with Gasteiger partial charge in [0.15, 0.2) is 0 Å². The van der Waals surface area contributed by atoms with Crippen molar-refractivity contribution < 1.29 is 9.59 Å². The van der Waals surface area contributed by atoms with E-state index in [0.717, 1.165) is 19.4 Å². The number of nitrogens with one attached hydrogen (secondary N) is 1. The molecule has 1 atom stereocenters. The van der Waals surface area contributed by atoms with Crippen LogP contribution in [0.5, 0.6) is 0 Å². The predicted octanol–water partition coefficient (Wildman–Crippen LogP) is 1.30. The van der Waals surface area contributed by atoms with Crippen molar-refractivity contribution >= 4 is 11.8 Å². The number of amides is 2. The molecule has 0 bridgehead atoms. The normalized spacial score (nSPS) is 28.2. The summed E-state index contributed by atoms with van der Waals surface area (Å²) >= 11 is 0. The van der Waals surface area contributed by atoms with E-state index in [1.807, 2.05) is 20.8 Å². The molecule has 2 rings (SSSR count). The lowest BCUT2D eigenvalue weighted by Crippen LogP contribution is -2.68. The molecule has 1 saturated heterocycles. The fourth-order valence-electron chi connectivity index (χ4n) is 2.34. The molecule has 4 heteroatoms. The van der Waals surface area contributed by atoms with Crippen molar-refractivity contribution in [1.29, 1.82) is 0 Å². The van der Waals surface area contributed by atoms with Gasteiger partial charge in [0.2, 0.25) is 11.8 Å². The van der Waals surface area contributed by atoms with Crippen LogP contribution in [0.25, 0.3) is 0 Å². The summed E-state index contributed by atoms with van der Waals surface area (Å²) in [6.45, 7) is 6.46. The average molecular weight is 238 g/mol. The van der Waals surface area contributed by atoms with E-state index in [1.165, 1.54) is 12.8 Å². The lowest BCUT2D eigenvalue weighted by Gasteiger charge is -2.44. The van der Waals surface area contributed by atoms with Crippen LogP contribution in [0.3, 0.4) is 0 Å². The molecule has 2 fully saturated rings. The van der Waals surface area contributed by atoms with Gasteiger partial charge < -0.3 is 10.2 Å². The van der Waals surface area contributed by atoms with Crippen molar-refractivity contribution in [3.05, 3.63) is 0 Å². The van der Waals surface area contributed by atoms with Crippen LogP contribution >= 0.6 is 0 Å². The molecule has 0 spiro atoms. The second-order valence-corrected chi connectivity index (χ2v) is 5.77. The van der Waals surface area contributed by atoms with Crippen LogP contribution in [0, 0.1) is 5.92 Å². The summed E-state index contributed by atoms with van der Waals surface area (Å²) in [7, 11) is 0. The van der Waals surface area contributed by atoms with E-state index in [9.17, 15) is 9.59 Å². The SMILES string of the molecule is CCCC1NC(=O)C(C)(C)N(CC2CC2)C1=O. The summed E-state index contributed by atoms with van der Waals surface area (Å²) in [5, 5.41) is 2.85. The lowest BCUT2D eigenvalue weighted by molar-refractivity contribution is -0.155. The highest BCUT2D eigenvalue weighted by Crippen LogP contribution is 2.33. The summed E-state index contributed by atoms with van der Waals surface area (Å²) in [5.41, 5.74) is -0.691. The molecular formula is C13H22N2O2. The van der Waals surface area contributed by atoms with Crippen molar-refractivity contribution in [3.63, 3.8) is 0 Å². The summed E-state index contributed by atoms with van der Waals surface area (Å²) in [4.78, 5) is 26.2. The Morgan fingerprint density at radius 1 is 1.35 bits per heavy atom. The monoisotopic (exact) mass is 238 g/mol. The Morgan fingerprint density at radius 2 is 2.00 bits per heavy atom. The molecule has 1 unspecified atom stereocenters. The van der Waals surface area contributed by atoms with Gasteiger partial charge in [0, 0.05) is 6.54 Å². The van der Waals surface area contributed by atoms with Crippen molar-refractivity contribution in [2.24, 2.45) is 5.92 Å². The Bertz CT molecular complexity index is 334. The molecule has 0 aromatic heterocycles. The first-order valence-electron chi connectivity index (χ1n) is 6.59. The van der Waals surface area contributed by atoms with E-state index < -0.39 is 5.54 Å². The van der Waals surface area contributed by atoms with Crippen LogP contribution in [0.1, 0.15) is 46.5 Å². The molecule has 0 aromatic carbocycles. The largest absolute Gasteiger partial charge is 0.342 e. The minimum Gasteiger partial charge on any atom is -0.342 e. The fourth-order valence-corrected chi connectivity index (χ4v) is 2.34. The molecule has 17 heavy (non-hydrogen) atoms. The molecule has 4 nitrogen and oxygen atoms in total. The van der Waals surface area contributed by atoms with Gasteiger partial charge in [0.1, 0.15) is 11.6 Å². The van der Waals surface area contributed by atoms with Crippen LogP contribution in [-0.4, -0.2) is 34.8 Å². The third kappa shape index (κ3) is 2.31. The number of hydrogen-bond acceptors (Lipinski definition) is 2. The standard InChI is InChI=1S/C13H22N2O2/c1-4-5-10-11(16)15(8-9-6-7-9)13(2,3)12(17)14-10/h9-10H,4-8H2,1-3H3,(H,14,17). The van der Waals surface area contributed by atoms with Crippen LogP contribution in [-0.2, 0) is 9.59 Å². The second-order valence-electron chi connectivity index (χ2n) is 5.77. The van der Waals surface area contributed by atoms with Gasteiger partial charge in [-0.25, -0.2) is 0 Å². The first-order chi connectivity index (χ1) is 7.96. The number of piperazine rings is 1. The maximum absolute atomic E-state index is 12.4. The summed E-state index contributed by atoms with van der Waals surface area (Å²) in [5.74, 6) is 0.700. The Kier molecular flexibility index (Phi) is 3.15. The van der Waals surface area contributed by atoms with Crippen molar-refractivity contribution in [1.82, 2.24) is 10.2 Å². The van der Waals surface area contributed by atoms with Crippen molar-refractivity contribution in [2.45, 2.75) is 58.0 Å². The molecule has 1 saturated carbocycles. The zero-order valence-corrected chi connectivity index (χ0v) is 11.0. The first kappa shape index (κ1) is 12.4. The topological polar surface area (TPSA) is 49.4 Å². The summed E-state index contributed by atoms with van der Waals surface area (Å²) < 4.78 is 0. The third-order valence-corrected chi connectivity index (χ3v) is 3.81. The van der Waals surface area contributed by atoms with E-state index in [0.29, 0.717) is 5.92 Å². The Balaban J connectivity index is 2.15. The van der Waals surface area contributed by atoms with E-state index in [2.05, 4.69) is 5.32 Å². The van der Waals surface area contributed by atoms with Crippen LogP contribution in [0.2, 0.25) is 0 Å². The molecule has 1 aliphatic heterocycles. The molecule has 96 valence electrons. The number of carbonyl (C=O) groups excluding carboxylic acids is 2. The van der Waals surface area contributed by atoms with Crippen LogP contribution < -0.4 is 5.32 Å². The smallest absolute Gasteiger partial charge is 0.246 e. The number of nitrogens with zero attached hydrogens (tertiary/aromatic N) is 1. The van der Waals surface area contributed by atoms with Crippen LogP contribution in [0.4, 0.5) is 0 Å². The highest BCUT2D eigenvalue weighted by atomic mass is 16.2. The third-order valence-electron chi connectivity index (χ3n) is 3.81. The molecule has 1 heterocycles. The Labute approximate surface area is 103 Å². The lowest BCUT2D eigenvalue weighted by atomic mass is 9.93. The molecule has 0 aromatic rings. The van der Waals surface area contributed by atoms with Crippen molar-refractivity contribution in [3.8, 4) is 0 Å².